The van der Waals surface area contributed by atoms with Gasteiger partial charge in [-0.05, 0) is 74.0 Å². The van der Waals surface area contributed by atoms with Crippen LogP contribution >= 0.6 is 0 Å². The summed E-state index contributed by atoms with van der Waals surface area (Å²) in [7, 11) is 1.91. The maximum absolute atomic E-state index is 13.1. The molecule has 4 saturated carbocycles. The zero-order valence-electron chi connectivity index (χ0n) is 13.2. The van der Waals surface area contributed by atoms with E-state index in [1.165, 1.54) is 31.4 Å². The molecule has 1 aromatic rings. The van der Waals surface area contributed by atoms with Gasteiger partial charge in [-0.2, -0.15) is 0 Å². The van der Waals surface area contributed by atoms with Crippen LogP contribution < -0.4 is 0 Å². The van der Waals surface area contributed by atoms with Crippen molar-refractivity contribution in [2.24, 2.45) is 23.2 Å². The van der Waals surface area contributed by atoms with E-state index in [4.69, 9.17) is 0 Å². The molecule has 1 aromatic carbocycles. The molecule has 0 heterocycles. The highest BCUT2D eigenvalue weighted by Gasteiger charge is 2.55. The van der Waals surface area contributed by atoms with Gasteiger partial charge in [0.15, 0.2) is 0 Å². The van der Waals surface area contributed by atoms with Crippen LogP contribution in [0.5, 0.6) is 0 Å². The number of hydrogen-bond donors (Lipinski definition) is 0. The predicted molar refractivity (Wildman–Crippen MR) is 83.5 cm³/mol. The lowest BCUT2D eigenvalue weighted by Crippen LogP contribution is -2.53. The van der Waals surface area contributed by atoms with Crippen molar-refractivity contribution in [3.8, 4) is 0 Å². The Kier molecular flexibility index (Phi) is 3.28. The summed E-state index contributed by atoms with van der Waals surface area (Å²) in [6.45, 7) is 0.584. The molecule has 0 aromatic heterocycles. The molecule has 0 aliphatic heterocycles. The molecule has 1 amide bonds. The fraction of sp³-hybridized carbons (Fsp3) is 0.632. The lowest BCUT2D eigenvalue weighted by molar-refractivity contribution is -0.156. The van der Waals surface area contributed by atoms with E-state index in [2.05, 4.69) is 0 Å². The van der Waals surface area contributed by atoms with Crippen molar-refractivity contribution in [1.29, 1.82) is 0 Å². The van der Waals surface area contributed by atoms with Crippen molar-refractivity contribution >= 4 is 5.91 Å². The minimum absolute atomic E-state index is 0.0798. The lowest BCUT2D eigenvalue weighted by atomic mass is 9.49. The van der Waals surface area contributed by atoms with E-state index in [1.54, 1.807) is 12.1 Å². The Labute approximate surface area is 131 Å². The summed E-state index contributed by atoms with van der Waals surface area (Å²) in [6, 6.07) is 6.49. The van der Waals surface area contributed by atoms with Gasteiger partial charge in [-0.1, -0.05) is 12.1 Å². The van der Waals surface area contributed by atoms with E-state index >= 15 is 0 Å². The number of carbonyl (C=O) groups is 1. The molecule has 4 bridgehead atoms. The number of carbonyl (C=O) groups excluding carboxylic acids is 1. The van der Waals surface area contributed by atoms with Crippen molar-refractivity contribution in [2.45, 2.75) is 45.1 Å². The standard InChI is InChI=1S/C19H24FNO/c1-21(12-13-2-4-17(20)5-3-13)18(22)19-9-14-6-15(10-19)8-16(7-14)11-19/h2-5,14-16H,6-12H2,1H3. The summed E-state index contributed by atoms with van der Waals surface area (Å²) >= 11 is 0. The summed E-state index contributed by atoms with van der Waals surface area (Å²) in [5.41, 5.74) is 0.922. The van der Waals surface area contributed by atoms with Gasteiger partial charge in [0.2, 0.25) is 5.91 Å². The molecular formula is C19H24FNO. The molecule has 0 unspecified atom stereocenters. The molecular weight excluding hydrogens is 277 g/mol. The van der Waals surface area contributed by atoms with Crippen LogP contribution in [0.15, 0.2) is 24.3 Å². The lowest BCUT2D eigenvalue weighted by Gasteiger charge is -2.56. The zero-order valence-corrected chi connectivity index (χ0v) is 13.2. The average molecular weight is 301 g/mol. The summed E-state index contributed by atoms with van der Waals surface area (Å²) < 4.78 is 13.0. The smallest absolute Gasteiger partial charge is 0.228 e. The highest BCUT2D eigenvalue weighted by atomic mass is 19.1. The van der Waals surface area contributed by atoms with Crippen molar-refractivity contribution in [3.05, 3.63) is 35.6 Å². The van der Waals surface area contributed by atoms with Crippen molar-refractivity contribution in [2.75, 3.05) is 7.05 Å². The summed E-state index contributed by atoms with van der Waals surface area (Å²) in [5, 5.41) is 0. The topological polar surface area (TPSA) is 20.3 Å². The Balaban J connectivity index is 1.50. The minimum Gasteiger partial charge on any atom is -0.341 e. The largest absolute Gasteiger partial charge is 0.341 e. The molecule has 4 aliphatic rings. The van der Waals surface area contributed by atoms with Gasteiger partial charge in [-0.15, -0.1) is 0 Å². The highest BCUT2D eigenvalue weighted by Crippen LogP contribution is 2.60. The number of amides is 1. The quantitative estimate of drug-likeness (QED) is 0.826. The Morgan fingerprint density at radius 1 is 1.09 bits per heavy atom. The maximum Gasteiger partial charge on any atom is 0.228 e. The third-order valence-corrected chi connectivity index (χ3v) is 6.17. The third-order valence-electron chi connectivity index (χ3n) is 6.17. The normalized spacial score (nSPS) is 35.6. The van der Waals surface area contributed by atoms with Gasteiger partial charge in [0.25, 0.3) is 0 Å². The van der Waals surface area contributed by atoms with Crippen LogP contribution in [0.4, 0.5) is 4.39 Å². The first-order valence-electron chi connectivity index (χ1n) is 8.54. The van der Waals surface area contributed by atoms with Crippen molar-refractivity contribution in [3.63, 3.8) is 0 Å². The molecule has 0 saturated heterocycles. The van der Waals surface area contributed by atoms with E-state index in [9.17, 15) is 9.18 Å². The Morgan fingerprint density at radius 2 is 1.59 bits per heavy atom. The second kappa shape index (κ2) is 5.07. The zero-order chi connectivity index (χ0) is 15.3. The first kappa shape index (κ1) is 14.2. The van der Waals surface area contributed by atoms with E-state index in [0.29, 0.717) is 12.5 Å². The van der Waals surface area contributed by atoms with E-state index in [0.717, 1.165) is 42.6 Å². The van der Waals surface area contributed by atoms with E-state index in [1.807, 2.05) is 11.9 Å². The molecule has 2 nitrogen and oxygen atoms in total. The highest BCUT2D eigenvalue weighted by molar-refractivity contribution is 5.83. The van der Waals surface area contributed by atoms with Crippen LogP contribution in [0, 0.1) is 29.0 Å². The van der Waals surface area contributed by atoms with Crippen LogP contribution in [-0.2, 0) is 11.3 Å². The van der Waals surface area contributed by atoms with Gasteiger partial charge in [-0.3, -0.25) is 4.79 Å². The molecule has 5 rings (SSSR count). The first-order valence-corrected chi connectivity index (χ1v) is 8.54. The second-order valence-electron chi connectivity index (χ2n) is 7.99. The van der Waals surface area contributed by atoms with Crippen molar-refractivity contribution < 1.29 is 9.18 Å². The number of nitrogens with zero attached hydrogens (tertiary/aromatic N) is 1. The van der Waals surface area contributed by atoms with Gasteiger partial charge in [0.1, 0.15) is 5.82 Å². The van der Waals surface area contributed by atoms with E-state index < -0.39 is 0 Å². The predicted octanol–water partition coefficient (Wildman–Crippen LogP) is 4.00. The van der Waals surface area contributed by atoms with Crippen LogP contribution in [0.25, 0.3) is 0 Å². The van der Waals surface area contributed by atoms with Crippen molar-refractivity contribution in [1.82, 2.24) is 4.90 Å². The summed E-state index contributed by atoms with van der Waals surface area (Å²) in [4.78, 5) is 15.0. The fourth-order valence-corrected chi connectivity index (χ4v) is 5.71. The fourth-order valence-electron chi connectivity index (χ4n) is 5.71. The number of hydrogen-bond acceptors (Lipinski definition) is 1. The Bertz CT molecular complexity index is 544. The third kappa shape index (κ3) is 2.35. The van der Waals surface area contributed by atoms with Crippen LogP contribution in [0.1, 0.15) is 44.1 Å². The molecule has 0 spiro atoms. The molecule has 118 valence electrons. The van der Waals surface area contributed by atoms with Crippen LogP contribution in [0.3, 0.4) is 0 Å². The van der Waals surface area contributed by atoms with E-state index in [-0.39, 0.29) is 11.2 Å². The average Bonchev–Trinajstić information content (AvgIpc) is 2.47. The first-order chi connectivity index (χ1) is 10.5. The Hall–Kier alpha value is -1.38. The van der Waals surface area contributed by atoms with Gasteiger partial charge in [-0.25, -0.2) is 4.39 Å². The number of rotatable bonds is 3. The van der Waals surface area contributed by atoms with Crippen LogP contribution in [-0.4, -0.2) is 17.9 Å². The number of benzene rings is 1. The molecule has 0 N–H and O–H groups in total. The molecule has 4 fully saturated rings. The summed E-state index contributed by atoms with van der Waals surface area (Å²) in [6.07, 6.45) is 7.37. The second-order valence-corrected chi connectivity index (χ2v) is 7.99. The number of halogens is 1. The van der Waals surface area contributed by atoms with Gasteiger partial charge < -0.3 is 4.90 Å². The SMILES string of the molecule is CN(Cc1ccc(F)cc1)C(=O)C12CC3CC(CC(C3)C1)C2. The van der Waals surface area contributed by atoms with Crippen LogP contribution in [0.2, 0.25) is 0 Å². The molecule has 4 aliphatic carbocycles. The molecule has 22 heavy (non-hydrogen) atoms. The Morgan fingerprint density at radius 3 is 2.09 bits per heavy atom. The molecule has 0 atom stereocenters. The van der Waals surface area contributed by atoms with Gasteiger partial charge in [0.05, 0.1) is 5.41 Å². The monoisotopic (exact) mass is 301 g/mol. The van der Waals surface area contributed by atoms with Gasteiger partial charge >= 0.3 is 0 Å². The minimum atomic E-state index is -0.223. The molecule has 0 radical (unpaired) electrons. The summed E-state index contributed by atoms with van der Waals surface area (Å²) in [5.74, 6) is 2.47. The molecule has 3 heteroatoms. The maximum atomic E-state index is 13.1. The van der Waals surface area contributed by atoms with Gasteiger partial charge in [0, 0.05) is 13.6 Å².